The van der Waals surface area contributed by atoms with Crippen molar-refractivity contribution in [2.75, 3.05) is 33.4 Å². The monoisotopic (exact) mass is 463 g/mol. The van der Waals surface area contributed by atoms with E-state index in [1.54, 1.807) is 12.0 Å². The summed E-state index contributed by atoms with van der Waals surface area (Å²) in [6.45, 7) is 13.6. The molecule has 1 aromatic carbocycles. The zero-order chi connectivity index (χ0) is 24.1. The lowest BCUT2D eigenvalue weighted by Crippen LogP contribution is -2.32. The number of allylic oxidation sites excluding steroid dienone is 1. The molecule has 0 atom stereocenters. The summed E-state index contributed by atoms with van der Waals surface area (Å²) >= 11 is 0. The molecule has 1 N–H and O–H groups in total. The van der Waals surface area contributed by atoms with Crippen LogP contribution in [-0.4, -0.2) is 63.4 Å². The first-order valence-corrected chi connectivity index (χ1v) is 14.7. The quantitative estimate of drug-likeness (QED) is 0.306. The molecule has 0 aromatic heterocycles. The summed E-state index contributed by atoms with van der Waals surface area (Å²) in [5, 5.41) is 9.21. The van der Waals surface area contributed by atoms with E-state index >= 15 is 0 Å². The van der Waals surface area contributed by atoms with Crippen LogP contribution in [0.5, 0.6) is 11.5 Å². The lowest BCUT2D eigenvalue weighted by molar-refractivity contribution is -0.128. The van der Waals surface area contributed by atoms with Crippen LogP contribution < -0.4 is 9.47 Å². The van der Waals surface area contributed by atoms with Crippen LogP contribution in [0.2, 0.25) is 25.7 Å². The maximum absolute atomic E-state index is 12.6. The van der Waals surface area contributed by atoms with E-state index in [2.05, 4.69) is 19.6 Å². The zero-order valence-corrected chi connectivity index (χ0v) is 21.5. The maximum Gasteiger partial charge on any atom is 0.342 e. The average molecular weight is 464 g/mol. The second-order valence-corrected chi connectivity index (χ2v) is 15.1. The minimum atomic E-state index is -1.32. The van der Waals surface area contributed by atoms with Gasteiger partial charge in [-0.25, -0.2) is 4.79 Å². The van der Waals surface area contributed by atoms with E-state index in [-0.39, 0.29) is 25.1 Å². The van der Waals surface area contributed by atoms with E-state index in [9.17, 15) is 14.7 Å². The highest BCUT2D eigenvalue weighted by atomic mass is 28.3. The van der Waals surface area contributed by atoms with E-state index in [1.807, 2.05) is 19.9 Å². The average Bonchev–Trinajstić information content (AvgIpc) is 3.08. The standard InChI is InChI=1S/C24H37NO6Si/c1-16(14-25(10-11-26)18(3)27)8-9-19-22(29-4)17(2)20-15-31-24(28)21(20)23(19)30-12-13-32(5,6)7/h8,26H,9-15H2,1-7H3/b16-8+. The number of aliphatic hydroxyl groups is 1. The van der Waals surface area contributed by atoms with E-state index in [1.165, 1.54) is 6.92 Å². The van der Waals surface area contributed by atoms with Crippen molar-refractivity contribution in [1.29, 1.82) is 0 Å². The van der Waals surface area contributed by atoms with Crippen molar-refractivity contribution in [3.05, 3.63) is 33.9 Å². The number of ether oxygens (including phenoxy) is 3. The predicted octanol–water partition coefficient (Wildman–Crippen LogP) is 3.72. The minimum absolute atomic E-state index is 0.0815. The molecule has 7 nitrogen and oxygen atoms in total. The predicted molar refractivity (Wildman–Crippen MR) is 127 cm³/mol. The first kappa shape index (κ1) is 25.9. The number of carbonyl (C=O) groups is 2. The Morgan fingerprint density at radius 1 is 1.25 bits per heavy atom. The Balaban J connectivity index is 2.43. The number of carbonyl (C=O) groups excluding carboxylic acids is 2. The summed E-state index contributed by atoms with van der Waals surface area (Å²) in [5.74, 6) is 0.802. The van der Waals surface area contributed by atoms with Crippen molar-refractivity contribution in [2.24, 2.45) is 0 Å². The first-order chi connectivity index (χ1) is 15.0. The van der Waals surface area contributed by atoms with Gasteiger partial charge in [0.1, 0.15) is 23.7 Å². The van der Waals surface area contributed by atoms with Crippen molar-refractivity contribution >= 4 is 20.0 Å². The maximum atomic E-state index is 12.6. The van der Waals surface area contributed by atoms with Gasteiger partial charge in [0.2, 0.25) is 5.91 Å². The number of hydrogen-bond acceptors (Lipinski definition) is 6. The molecule has 0 aliphatic carbocycles. The molecule has 1 amide bonds. The van der Waals surface area contributed by atoms with Gasteiger partial charge in [-0.1, -0.05) is 31.3 Å². The highest BCUT2D eigenvalue weighted by Gasteiger charge is 2.33. The summed E-state index contributed by atoms with van der Waals surface area (Å²) in [5.41, 5.74) is 4.01. The van der Waals surface area contributed by atoms with Gasteiger partial charge in [-0.2, -0.15) is 0 Å². The Bertz CT molecular complexity index is 888. The highest BCUT2D eigenvalue weighted by molar-refractivity contribution is 6.76. The second-order valence-electron chi connectivity index (χ2n) is 9.47. The lowest BCUT2D eigenvalue weighted by atomic mass is 9.94. The summed E-state index contributed by atoms with van der Waals surface area (Å²) in [7, 11) is 0.302. The molecule has 0 unspecified atom stereocenters. The number of fused-ring (bicyclic) bond motifs is 1. The molecule has 32 heavy (non-hydrogen) atoms. The molecule has 1 aromatic rings. The molecule has 1 aliphatic rings. The van der Waals surface area contributed by atoms with Gasteiger partial charge in [0, 0.05) is 39.2 Å². The van der Waals surface area contributed by atoms with Crippen LogP contribution >= 0.6 is 0 Å². The number of cyclic esters (lactones) is 1. The number of nitrogens with zero attached hydrogens (tertiary/aromatic N) is 1. The zero-order valence-electron chi connectivity index (χ0n) is 20.5. The van der Waals surface area contributed by atoms with Crippen molar-refractivity contribution < 1.29 is 28.9 Å². The molecule has 0 fully saturated rings. The molecular formula is C24H37NO6Si. The molecule has 0 spiro atoms. The van der Waals surface area contributed by atoms with Crippen LogP contribution in [0.4, 0.5) is 0 Å². The first-order valence-electron chi connectivity index (χ1n) is 11.0. The molecule has 178 valence electrons. The molecule has 0 radical (unpaired) electrons. The van der Waals surface area contributed by atoms with Gasteiger partial charge in [0.05, 0.1) is 20.3 Å². The summed E-state index contributed by atoms with van der Waals surface area (Å²) in [6.07, 6.45) is 2.51. The van der Waals surface area contributed by atoms with Gasteiger partial charge >= 0.3 is 5.97 Å². The van der Waals surface area contributed by atoms with Gasteiger partial charge in [-0.05, 0) is 31.9 Å². The van der Waals surface area contributed by atoms with Crippen LogP contribution in [0.1, 0.15) is 40.9 Å². The van der Waals surface area contributed by atoms with Crippen molar-refractivity contribution in [1.82, 2.24) is 4.90 Å². The van der Waals surface area contributed by atoms with Crippen molar-refractivity contribution in [2.45, 2.75) is 59.5 Å². The fourth-order valence-corrected chi connectivity index (χ4v) is 4.45. The van der Waals surface area contributed by atoms with Gasteiger partial charge in [-0.15, -0.1) is 0 Å². The molecule has 2 rings (SSSR count). The summed E-state index contributed by atoms with van der Waals surface area (Å²) in [6, 6.07) is 0.968. The van der Waals surface area contributed by atoms with Crippen LogP contribution in [-0.2, 0) is 22.6 Å². The van der Waals surface area contributed by atoms with E-state index < -0.39 is 8.07 Å². The number of rotatable bonds is 11. The fraction of sp³-hybridized carbons (Fsp3) is 0.583. The number of hydrogen-bond donors (Lipinski definition) is 1. The smallest absolute Gasteiger partial charge is 0.342 e. The van der Waals surface area contributed by atoms with E-state index in [0.29, 0.717) is 43.2 Å². The molecule has 1 heterocycles. The van der Waals surface area contributed by atoms with E-state index in [0.717, 1.165) is 28.3 Å². The molecule has 0 bridgehead atoms. The SMILES string of the molecule is COc1c(C)c2c(c(OCC[Si](C)(C)C)c1C/C=C(\C)CN(CCO)C(C)=O)C(=O)OC2. The van der Waals surface area contributed by atoms with Crippen LogP contribution in [0.25, 0.3) is 0 Å². The third-order valence-corrected chi connectivity index (χ3v) is 7.34. The van der Waals surface area contributed by atoms with Crippen LogP contribution in [0.15, 0.2) is 11.6 Å². The normalized spacial score (nSPS) is 13.6. The third-order valence-electron chi connectivity index (χ3n) is 5.63. The Hall–Kier alpha value is -2.32. The number of benzene rings is 1. The van der Waals surface area contributed by atoms with Crippen molar-refractivity contribution in [3.8, 4) is 11.5 Å². The number of amides is 1. The van der Waals surface area contributed by atoms with Crippen molar-refractivity contribution in [3.63, 3.8) is 0 Å². The largest absolute Gasteiger partial charge is 0.496 e. The molecular weight excluding hydrogens is 426 g/mol. The fourth-order valence-electron chi connectivity index (χ4n) is 3.74. The topological polar surface area (TPSA) is 85.3 Å². The molecule has 1 aliphatic heterocycles. The molecule has 0 saturated carbocycles. The Morgan fingerprint density at radius 2 is 1.94 bits per heavy atom. The minimum Gasteiger partial charge on any atom is -0.496 e. The Morgan fingerprint density at radius 3 is 2.50 bits per heavy atom. The number of aliphatic hydroxyl groups excluding tert-OH is 1. The second kappa shape index (κ2) is 11.0. The summed E-state index contributed by atoms with van der Waals surface area (Å²) in [4.78, 5) is 26.0. The third kappa shape index (κ3) is 6.35. The van der Waals surface area contributed by atoms with E-state index in [4.69, 9.17) is 14.2 Å². The van der Waals surface area contributed by atoms with Crippen LogP contribution in [0, 0.1) is 6.92 Å². The molecule has 8 heteroatoms. The number of methoxy groups -OCH3 is 1. The van der Waals surface area contributed by atoms with Gasteiger partial charge in [0.25, 0.3) is 0 Å². The van der Waals surface area contributed by atoms with Gasteiger partial charge in [0.15, 0.2) is 0 Å². The summed E-state index contributed by atoms with van der Waals surface area (Å²) < 4.78 is 17.3. The van der Waals surface area contributed by atoms with Crippen LogP contribution in [0.3, 0.4) is 0 Å². The molecule has 0 saturated heterocycles. The Kier molecular flexibility index (Phi) is 8.92. The number of esters is 1. The highest BCUT2D eigenvalue weighted by Crippen LogP contribution is 2.43. The van der Waals surface area contributed by atoms with Gasteiger partial charge in [-0.3, -0.25) is 4.79 Å². The van der Waals surface area contributed by atoms with Gasteiger partial charge < -0.3 is 24.2 Å². The lowest BCUT2D eigenvalue weighted by Gasteiger charge is -2.22. The Labute approximate surface area is 192 Å².